The molecular formula is C15H21NO4. The number of aryl methyl sites for hydroxylation is 1. The maximum Gasteiger partial charge on any atom is 0.338 e. The molecule has 0 atom stereocenters. The third-order valence-corrected chi connectivity index (χ3v) is 2.93. The molecule has 0 saturated carbocycles. The van der Waals surface area contributed by atoms with Crippen molar-refractivity contribution in [1.82, 2.24) is 5.06 Å². The second kappa shape index (κ2) is 7.05. The van der Waals surface area contributed by atoms with E-state index in [1.165, 1.54) is 26.5 Å². The van der Waals surface area contributed by atoms with Gasteiger partial charge in [0, 0.05) is 13.5 Å². The van der Waals surface area contributed by atoms with Crippen LogP contribution in [0, 0.1) is 0 Å². The number of carbonyl (C=O) groups excluding carboxylic acids is 1. The highest BCUT2D eigenvalue weighted by molar-refractivity contribution is 5.78. The van der Waals surface area contributed by atoms with Crippen molar-refractivity contribution in [3.63, 3.8) is 0 Å². The number of rotatable bonds is 7. The Kier molecular flexibility index (Phi) is 5.70. The van der Waals surface area contributed by atoms with Gasteiger partial charge in [-0.3, -0.25) is 9.63 Å². The van der Waals surface area contributed by atoms with Gasteiger partial charge in [-0.15, -0.1) is 0 Å². The van der Waals surface area contributed by atoms with Crippen molar-refractivity contribution in [1.29, 1.82) is 0 Å². The second-order valence-electron chi connectivity index (χ2n) is 5.14. The number of hydrogen-bond acceptors (Lipinski definition) is 3. The summed E-state index contributed by atoms with van der Waals surface area (Å²) in [6.45, 7) is 2.81. The molecule has 0 aliphatic heterocycles. The molecule has 110 valence electrons. The first kappa shape index (κ1) is 16.2. The van der Waals surface area contributed by atoms with E-state index in [2.05, 4.69) is 0 Å². The lowest BCUT2D eigenvalue weighted by Crippen LogP contribution is -2.42. The molecule has 0 bridgehead atoms. The van der Waals surface area contributed by atoms with Crippen molar-refractivity contribution in [2.75, 3.05) is 7.05 Å². The van der Waals surface area contributed by atoms with Crippen LogP contribution in [-0.2, 0) is 20.8 Å². The van der Waals surface area contributed by atoms with E-state index in [0.29, 0.717) is 12.8 Å². The molecule has 0 radical (unpaired) electrons. The van der Waals surface area contributed by atoms with Crippen molar-refractivity contribution in [3.8, 4) is 0 Å². The maximum atomic E-state index is 11.8. The molecule has 20 heavy (non-hydrogen) atoms. The Bertz CT molecular complexity index is 456. The van der Waals surface area contributed by atoms with Gasteiger partial charge in [-0.05, 0) is 32.3 Å². The van der Waals surface area contributed by atoms with Crippen molar-refractivity contribution < 1.29 is 19.5 Å². The number of amides is 1. The fraction of sp³-hybridized carbons (Fsp3) is 0.467. The minimum atomic E-state index is -1.41. The van der Waals surface area contributed by atoms with Crippen LogP contribution in [0.5, 0.6) is 0 Å². The largest absolute Gasteiger partial charge is 0.479 e. The number of hydroxylamine groups is 2. The Hall–Kier alpha value is -1.88. The van der Waals surface area contributed by atoms with Crippen molar-refractivity contribution in [3.05, 3.63) is 35.9 Å². The smallest absolute Gasteiger partial charge is 0.338 e. The minimum Gasteiger partial charge on any atom is -0.479 e. The maximum absolute atomic E-state index is 11.8. The van der Waals surface area contributed by atoms with Gasteiger partial charge >= 0.3 is 5.97 Å². The highest BCUT2D eigenvalue weighted by atomic mass is 16.7. The lowest BCUT2D eigenvalue weighted by Gasteiger charge is -2.26. The Labute approximate surface area is 119 Å². The van der Waals surface area contributed by atoms with E-state index in [-0.39, 0.29) is 5.91 Å². The molecule has 5 nitrogen and oxygen atoms in total. The molecule has 1 rings (SSSR count). The molecule has 1 amide bonds. The number of aliphatic carboxylic acids is 1. The Morgan fingerprint density at radius 2 is 1.85 bits per heavy atom. The molecular weight excluding hydrogens is 258 g/mol. The van der Waals surface area contributed by atoms with Crippen LogP contribution < -0.4 is 0 Å². The second-order valence-corrected chi connectivity index (χ2v) is 5.14. The van der Waals surface area contributed by atoms with Crippen LogP contribution in [-0.4, -0.2) is 34.7 Å². The third-order valence-electron chi connectivity index (χ3n) is 2.93. The van der Waals surface area contributed by atoms with E-state index >= 15 is 0 Å². The number of benzene rings is 1. The zero-order valence-corrected chi connectivity index (χ0v) is 12.1. The molecule has 0 aliphatic rings. The average molecular weight is 279 g/mol. The SMILES string of the molecule is CN(OC(C)(C)C(=O)O)C(=O)CCCc1ccccc1. The van der Waals surface area contributed by atoms with Gasteiger partial charge in [-0.2, -0.15) is 0 Å². The lowest BCUT2D eigenvalue weighted by atomic mass is 10.1. The zero-order chi connectivity index (χ0) is 15.2. The van der Waals surface area contributed by atoms with Crippen LogP contribution in [0.25, 0.3) is 0 Å². The monoisotopic (exact) mass is 279 g/mol. The quantitative estimate of drug-likeness (QED) is 0.777. The first-order valence-corrected chi connectivity index (χ1v) is 6.56. The van der Waals surface area contributed by atoms with Crippen LogP contribution >= 0.6 is 0 Å². The van der Waals surface area contributed by atoms with Gasteiger partial charge in [0.15, 0.2) is 5.60 Å². The summed E-state index contributed by atoms with van der Waals surface area (Å²) in [4.78, 5) is 27.9. The van der Waals surface area contributed by atoms with E-state index in [1.54, 1.807) is 0 Å². The fourth-order valence-electron chi connectivity index (χ4n) is 1.68. The summed E-state index contributed by atoms with van der Waals surface area (Å²) in [6, 6.07) is 9.89. The minimum absolute atomic E-state index is 0.227. The van der Waals surface area contributed by atoms with E-state index in [4.69, 9.17) is 9.94 Å². The Morgan fingerprint density at radius 1 is 1.25 bits per heavy atom. The topological polar surface area (TPSA) is 66.8 Å². The van der Waals surface area contributed by atoms with E-state index in [9.17, 15) is 9.59 Å². The van der Waals surface area contributed by atoms with Crippen LogP contribution in [0.1, 0.15) is 32.3 Å². The van der Waals surface area contributed by atoms with Crippen molar-refractivity contribution >= 4 is 11.9 Å². The van der Waals surface area contributed by atoms with Gasteiger partial charge < -0.3 is 5.11 Å². The molecule has 0 aromatic heterocycles. The summed E-state index contributed by atoms with van der Waals surface area (Å²) in [5.41, 5.74) is -0.237. The number of carboxylic acid groups (broad SMARTS) is 1. The average Bonchev–Trinajstić information content (AvgIpc) is 2.39. The van der Waals surface area contributed by atoms with Crippen LogP contribution in [0.4, 0.5) is 0 Å². The molecule has 0 spiro atoms. The van der Waals surface area contributed by atoms with E-state index < -0.39 is 11.6 Å². The van der Waals surface area contributed by atoms with Crippen LogP contribution in [0.2, 0.25) is 0 Å². The van der Waals surface area contributed by atoms with E-state index in [0.717, 1.165) is 11.5 Å². The van der Waals surface area contributed by atoms with Crippen LogP contribution in [0.3, 0.4) is 0 Å². The normalized spacial score (nSPS) is 11.2. The van der Waals surface area contributed by atoms with Gasteiger partial charge in [0.2, 0.25) is 5.91 Å². The fourth-order valence-corrected chi connectivity index (χ4v) is 1.68. The predicted octanol–water partition coefficient (Wildman–Crippen LogP) is 2.26. The van der Waals surface area contributed by atoms with Gasteiger partial charge in [0.1, 0.15) is 0 Å². The number of nitrogens with zero attached hydrogens (tertiary/aromatic N) is 1. The first-order valence-electron chi connectivity index (χ1n) is 6.56. The van der Waals surface area contributed by atoms with Gasteiger partial charge in [0.05, 0.1) is 0 Å². The first-order chi connectivity index (χ1) is 9.33. The highest BCUT2D eigenvalue weighted by Gasteiger charge is 2.31. The van der Waals surface area contributed by atoms with Gasteiger partial charge in [-0.25, -0.2) is 9.86 Å². The molecule has 5 heteroatoms. The molecule has 1 aromatic rings. The Morgan fingerprint density at radius 3 is 2.40 bits per heavy atom. The van der Waals surface area contributed by atoms with E-state index in [1.807, 2.05) is 30.3 Å². The van der Waals surface area contributed by atoms with Crippen molar-refractivity contribution in [2.45, 2.75) is 38.7 Å². The summed E-state index contributed by atoms with van der Waals surface area (Å²) < 4.78 is 0. The molecule has 0 aliphatic carbocycles. The van der Waals surface area contributed by atoms with Gasteiger partial charge in [-0.1, -0.05) is 30.3 Å². The zero-order valence-electron chi connectivity index (χ0n) is 12.1. The van der Waals surface area contributed by atoms with Crippen LogP contribution in [0.15, 0.2) is 30.3 Å². The number of hydrogen-bond donors (Lipinski definition) is 1. The molecule has 0 unspecified atom stereocenters. The lowest BCUT2D eigenvalue weighted by molar-refractivity contribution is -0.227. The van der Waals surface area contributed by atoms with Gasteiger partial charge in [0.25, 0.3) is 0 Å². The molecule has 1 N–H and O–H groups in total. The summed E-state index contributed by atoms with van der Waals surface area (Å²) in [5, 5.41) is 9.95. The summed E-state index contributed by atoms with van der Waals surface area (Å²) in [6.07, 6.45) is 1.83. The summed E-state index contributed by atoms with van der Waals surface area (Å²) in [5.74, 6) is -1.34. The molecule has 0 heterocycles. The molecule has 1 aromatic carbocycles. The Balaban J connectivity index is 2.37. The highest BCUT2D eigenvalue weighted by Crippen LogP contribution is 2.13. The summed E-state index contributed by atoms with van der Waals surface area (Å²) in [7, 11) is 1.44. The molecule has 0 fully saturated rings. The number of carboxylic acids is 1. The third kappa shape index (κ3) is 5.01. The van der Waals surface area contributed by atoms with Crippen molar-refractivity contribution in [2.24, 2.45) is 0 Å². The molecule has 0 saturated heterocycles. The standard InChI is InChI=1S/C15H21NO4/c1-15(2,14(18)19)20-16(3)13(17)11-7-10-12-8-5-4-6-9-12/h4-6,8-9H,7,10-11H2,1-3H3,(H,18,19). The number of carbonyl (C=O) groups is 2. The summed E-state index contributed by atoms with van der Waals surface area (Å²) >= 11 is 0. The predicted molar refractivity (Wildman–Crippen MR) is 74.9 cm³/mol.